The Bertz CT molecular complexity index is 101. The molecule has 0 aliphatic heterocycles. The summed E-state index contributed by atoms with van der Waals surface area (Å²) in [4.78, 5) is 0. The number of hydrogen-bond acceptors (Lipinski definition) is 3. The van der Waals surface area contributed by atoms with Crippen LogP contribution >= 0.6 is 24.2 Å². The summed E-state index contributed by atoms with van der Waals surface area (Å²) in [6.45, 7) is 5.30. The monoisotopic (exact) mass is 228 g/mol. The Kier molecular flexibility index (Phi) is 8.92. The molecule has 0 N–H and O–H groups in total. The van der Waals surface area contributed by atoms with Crippen molar-refractivity contribution >= 4 is 33.5 Å². The lowest BCUT2D eigenvalue weighted by molar-refractivity contribution is 0.211. The summed E-state index contributed by atoms with van der Waals surface area (Å²) in [5.74, 6) is 0.789. The average Bonchev–Trinajstić information content (AvgIpc) is 2.04. The molecule has 0 fully saturated rings. The maximum absolute atomic E-state index is 6.07. The second kappa shape index (κ2) is 8.38. The first-order valence-corrected chi connectivity index (χ1v) is 6.92. The van der Waals surface area contributed by atoms with Crippen molar-refractivity contribution in [1.82, 2.24) is 0 Å². The van der Waals surface area contributed by atoms with Gasteiger partial charge in [-0.2, -0.15) is 12.6 Å². The van der Waals surface area contributed by atoms with Gasteiger partial charge in [-0.1, -0.05) is 0 Å². The Balaban J connectivity index is 3.72. The lowest BCUT2D eigenvalue weighted by Gasteiger charge is -2.18. The number of halogens is 1. The van der Waals surface area contributed by atoms with Crippen molar-refractivity contribution in [3.05, 3.63) is 0 Å². The van der Waals surface area contributed by atoms with Crippen molar-refractivity contribution in [1.29, 1.82) is 0 Å². The van der Waals surface area contributed by atoms with Crippen molar-refractivity contribution in [2.24, 2.45) is 0 Å². The van der Waals surface area contributed by atoms with E-state index in [0.29, 0.717) is 13.2 Å². The summed E-state index contributed by atoms with van der Waals surface area (Å²) in [6.07, 6.45) is 0.863. The summed E-state index contributed by atoms with van der Waals surface area (Å²) in [5.41, 5.74) is 0. The average molecular weight is 229 g/mol. The van der Waals surface area contributed by atoms with Crippen LogP contribution in [0.1, 0.15) is 20.3 Å². The predicted octanol–water partition coefficient (Wildman–Crippen LogP) is 1.75. The van der Waals surface area contributed by atoms with Gasteiger partial charge in [0.25, 0.3) is 0 Å². The van der Waals surface area contributed by atoms with Gasteiger partial charge >= 0.3 is 9.28 Å². The number of rotatable bonds is 7. The van der Waals surface area contributed by atoms with Gasteiger partial charge in [-0.25, -0.2) is 0 Å². The van der Waals surface area contributed by atoms with Gasteiger partial charge in [0, 0.05) is 13.2 Å². The van der Waals surface area contributed by atoms with Gasteiger partial charge in [0.05, 0.1) is 5.00 Å². The molecule has 0 aromatic carbocycles. The molecule has 1 unspecified atom stereocenters. The molecule has 1 atom stereocenters. The third-order valence-electron chi connectivity index (χ3n) is 1.36. The largest absolute Gasteiger partial charge is 0.396 e. The van der Waals surface area contributed by atoms with Gasteiger partial charge in [0.1, 0.15) is 0 Å². The molecule has 5 heteroatoms. The number of alkyl halides is 1. The van der Waals surface area contributed by atoms with Crippen molar-refractivity contribution in [2.45, 2.75) is 25.3 Å². The minimum atomic E-state index is -1.63. The van der Waals surface area contributed by atoms with Crippen LogP contribution in [0.5, 0.6) is 0 Å². The van der Waals surface area contributed by atoms with E-state index in [1.165, 1.54) is 0 Å². The molecule has 0 heterocycles. The van der Waals surface area contributed by atoms with Gasteiger partial charge in [-0.15, -0.1) is 11.6 Å². The fourth-order valence-corrected chi connectivity index (χ4v) is 3.71. The second-order valence-electron chi connectivity index (χ2n) is 2.31. The molecule has 0 saturated heterocycles. The summed E-state index contributed by atoms with van der Waals surface area (Å²) < 4.78 is 10.9. The molecule has 0 bridgehead atoms. The lowest BCUT2D eigenvalue weighted by atomic mass is 10.6. The first kappa shape index (κ1) is 12.8. The van der Waals surface area contributed by atoms with Crippen LogP contribution in [0.4, 0.5) is 0 Å². The van der Waals surface area contributed by atoms with Gasteiger partial charge in [0.2, 0.25) is 0 Å². The SMILES string of the molecule is CCO[SiH](OCC)C(Cl)CCS. The first-order valence-electron chi connectivity index (χ1n) is 4.24. The molecule has 12 heavy (non-hydrogen) atoms. The minimum absolute atomic E-state index is 0.0439. The van der Waals surface area contributed by atoms with E-state index in [2.05, 4.69) is 12.6 Å². The molecule has 0 amide bonds. The fourth-order valence-electron chi connectivity index (χ4n) is 0.845. The summed E-state index contributed by atoms with van der Waals surface area (Å²) in [7, 11) is -1.63. The van der Waals surface area contributed by atoms with Crippen molar-refractivity contribution in [3.8, 4) is 0 Å². The zero-order valence-corrected chi connectivity index (χ0v) is 10.4. The molecule has 74 valence electrons. The summed E-state index contributed by atoms with van der Waals surface area (Å²) >= 11 is 10.2. The summed E-state index contributed by atoms with van der Waals surface area (Å²) in [6, 6.07) is 0. The van der Waals surface area contributed by atoms with Crippen LogP contribution in [0.2, 0.25) is 0 Å². The molecule has 0 saturated carbocycles. The Hall–Kier alpha value is 0.777. The molecule has 0 spiro atoms. The van der Waals surface area contributed by atoms with E-state index in [1.807, 2.05) is 13.8 Å². The van der Waals surface area contributed by atoms with Crippen LogP contribution in [-0.4, -0.2) is 33.3 Å². The molecule has 0 radical (unpaired) electrons. The Morgan fingerprint density at radius 3 is 2.17 bits per heavy atom. The van der Waals surface area contributed by atoms with Gasteiger partial charge in [-0.3, -0.25) is 0 Å². The first-order chi connectivity index (χ1) is 5.76. The maximum Gasteiger partial charge on any atom is 0.339 e. The normalized spacial score (nSPS) is 13.8. The Morgan fingerprint density at radius 2 is 1.83 bits per heavy atom. The van der Waals surface area contributed by atoms with Crippen LogP contribution in [0.3, 0.4) is 0 Å². The molecule has 0 rings (SSSR count). The molecular weight excluding hydrogens is 212 g/mol. The standard InChI is InChI=1S/C7H17ClO2SSi/c1-3-9-12(10-4-2)7(8)5-6-11/h7,11-12H,3-6H2,1-2H3. The van der Waals surface area contributed by atoms with Crippen molar-refractivity contribution < 1.29 is 8.85 Å². The van der Waals surface area contributed by atoms with Crippen LogP contribution in [-0.2, 0) is 8.85 Å². The third kappa shape index (κ3) is 5.43. The molecule has 0 aliphatic rings. The predicted molar refractivity (Wildman–Crippen MR) is 58.5 cm³/mol. The third-order valence-corrected chi connectivity index (χ3v) is 4.70. The van der Waals surface area contributed by atoms with E-state index in [0.717, 1.165) is 12.2 Å². The van der Waals surface area contributed by atoms with Crippen LogP contribution in [0.25, 0.3) is 0 Å². The van der Waals surface area contributed by atoms with E-state index in [1.54, 1.807) is 0 Å². The minimum Gasteiger partial charge on any atom is -0.396 e. The van der Waals surface area contributed by atoms with Gasteiger partial charge in [0.15, 0.2) is 0 Å². The van der Waals surface area contributed by atoms with Crippen LogP contribution < -0.4 is 0 Å². The van der Waals surface area contributed by atoms with Gasteiger partial charge in [-0.05, 0) is 26.0 Å². The Labute approximate surface area is 86.8 Å². The molecule has 2 nitrogen and oxygen atoms in total. The highest BCUT2D eigenvalue weighted by molar-refractivity contribution is 7.80. The van der Waals surface area contributed by atoms with E-state index >= 15 is 0 Å². The lowest BCUT2D eigenvalue weighted by Crippen LogP contribution is -2.34. The zero-order valence-electron chi connectivity index (χ0n) is 7.62. The highest BCUT2D eigenvalue weighted by atomic mass is 35.5. The topological polar surface area (TPSA) is 18.5 Å². The van der Waals surface area contributed by atoms with E-state index in [-0.39, 0.29) is 5.00 Å². The molecule has 0 aromatic heterocycles. The maximum atomic E-state index is 6.07. The quantitative estimate of drug-likeness (QED) is 0.407. The second-order valence-corrected chi connectivity index (χ2v) is 5.95. The fraction of sp³-hybridized carbons (Fsp3) is 1.00. The molecule has 0 aromatic rings. The number of hydrogen-bond donors (Lipinski definition) is 1. The van der Waals surface area contributed by atoms with E-state index in [4.69, 9.17) is 20.5 Å². The van der Waals surface area contributed by atoms with Crippen molar-refractivity contribution in [2.75, 3.05) is 19.0 Å². The molecule has 0 aliphatic carbocycles. The van der Waals surface area contributed by atoms with Crippen molar-refractivity contribution in [3.63, 3.8) is 0 Å². The number of thiol groups is 1. The van der Waals surface area contributed by atoms with Crippen LogP contribution in [0, 0.1) is 0 Å². The highest BCUT2D eigenvalue weighted by Crippen LogP contribution is 2.10. The molecular formula is C7H17ClO2SSi. The highest BCUT2D eigenvalue weighted by Gasteiger charge is 2.22. The van der Waals surface area contributed by atoms with E-state index in [9.17, 15) is 0 Å². The Morgan fingerprint density at radius 1 is 1.33 bits per heavy atom. The smallest absolute Gasteiger partial charge is 0.339 e. The summed E-state index contributed by atoms with van der Waals surface area (Å²) in [5, 5.41) is 0.0439. The van der Waals surface area contributed by atoms with E-state index < -0.39 is 9.28 Å². The van der Waals surface area contributed by atoms with Gasteiger partial charge < -0.3 is 8.85 Å². The zero-order chi connectivity index (χ0) is 9.40. The van der Waals surface area contributed by atoms with Crippen LogP contribution in [0.15, 0.2) is 0 Å².